The van der Waals surface area contributed by atoms with Gasteiger partial charge in [0.25, 0.3) is 5.91 Å². The molecule has 1 aromatic heterocycles. The quantitative estimate of drug-likeness (QED) is 0.714. The first-order valence-corrected chi connectivity index (χ1v) is 7.68. The summed E-state index contributed by atoms with van der Waals surface area (Å²) in [5, 5.41) is 5.58. The van der Waals surface area contributed by atoms with Crippen LogP contribution in [0.1, 0.15) is 10.4 Å². The number of rotatable bonds is 5. The van der Waals surface area contributed by atoms with Crippen molar-refractivity contribution in [3.05, 3.63) is 78.1 Å². The number of halogens is 2. The lowest BCUT2D eigenvalue weighted by Crippen LogP contribution is -2.13. The van der Waals surface area contributed by atoms with Crippen molar-refractivity contribution < 1.29 is 18.3 Å². The van der Waals surface area contributed by atoms with E-state index in [0.29, 0.717) is 16.9 Å². The lowest BCUT2D eigenvalue weighted by atomic mass is 10.2. The summed E-state index contributed by atoms with van der Waals surface area (Å²) in [6.07, 6.45) is 2.98. The zero-order valence-electron chi connectivity index (χ0n) is 13.8. The normalized spacial score (nSPS) is 10.3. The Bertz CT molecular complexity index is 933. The number of anilines is 3. The number of benzene rings is 2. The molecule has 2 aromatic carbocycles. The molecule has 5 nitrogen and oxygen atoms in total. The minimum Gasteiger partial charge on any atom is -0.494 e. The third-order valence-electron chi connectivity index (χ3n) is 3.58. The summed E-state index contributed by atoms with van der Waals surface area (Å²) < 4.78 is 32.4. The second kappa shape index (κ2) is 7.60. The van der Waals surface area contributed by atoms with Crippen molar-refractivity contribution in [2.24, 2.45) is 0 Å². The predicted molar refractivity (Wildman–Crippen MR) is 94.8 cm³/mol. The minimum atomic E-state index is -0.560. The van der Waals surface area contributed by atoms with Crippen LogP contribution in [-0.4, -0.2) is 18.0 Å². The fourth-order valence-electron chi connectivity index (χ4n) is 2.32. The van der Waals surface area contributed by atoms with E-state index in [0.717, 1.165) is 0 Å². The Morgan fingerprint density at radius 2 is 1.92 bits per heavy atom. The van der Waals surface area contributed by atoms with Crippen LogP contribution in [0.4, 0.5) is 25.8 Å². The van der Waals surface area contributed by atoms with Gasteiger partial charge >= 0.3 is 0 Å². The van der Waals surface area contributed by atoms with E-state index in [2.05, 4.69) is 15.6 Å². The molecule has 0 aliphatic heterocycles. The summed E-state index contributed by atoms with van der Waals surface area (Å²) in [6, 6.07) is 11.4. The Hall–Kier alpha value is -3.48. The maximum absolute atomic E-state index is 13.8. The van der Waals surface area contributed by atoms with Gasteiger partial charge in [0.2, 0.25) is 0 Å². The molecule has 0 radical (unpaired) electrons. The van der Waals surface area contributed by atoms with Crippen molar-refractivity contribution in [3.63, 3.8) is 0 Å². The van der Waals surface area contributed by atoms with Crippen LogP contribution >= 0.6 is 0 Å². The van der Waals surface area contributed by atoms with E-state index in [1.807, 2.05) is 0 Å². The molecule has 0 aliphatic carbocycles. The van der Waals surface area contributed by atoms with Crippen LogP contribution in [0.25, 0.3) is 0 Å². The highest BCUT2D eigenvalue weighted by molar-refractivity contribution is 6.05. The Kier molecular flexibility index (Phi) is 5.07. The first-order chi connectivity index (χ1) is 12.6. The SMILES string of the molecule is COc1ccc(Nc2cc(F)ccc2NC(=O)c2cccnc2)cc1F. The predicted octanol–water partition coefficient (Wildman–Crippen LogP) is 4.36. The monoisotopic (exact) mass is 355 g/mol. The third-order valence-corrected chi connectivity index (χ3v) is 3.58. The zero-order valence-corrected chi connectivity index (χ0v) is 13.8. The van der Waals surface area contributed by atoms with Crippen LogP contribution in [0.15, 0.2) is 60.9 Å². The number of hydrogen-bond acceptors (Lipinski definition) is 4. The highest BCUT2D eigenvalue weighted by Crippen LogP contribution is 2.29. The number of ether oxygens (including phenoxy) is 1. The lowest BCUT2D eigenvalue weighted by Gasteiger charge is -2.14. The van der Waals surface area contributed by atoms with Crippen LogP contribution < -0.4 is 15.4 Å². The average Bonchev–Trinajstić information content (AvgIpc) is 2.65. The number of methoxy groups -OCH3 is 1. The van der Waals surface area contributed by atoms with Gasteiger partial charge in [-0.15, -0.1) is 0 Å². The summed E-state index contributed by atoms with van der Waals surface area (Å²) in [5.74, 6) is -1.36. The van der Waals surface area contributed by atoms with Crippen LogP contribution in [0, 0.1) is 11.6 Å². The summed E-state index contributed by atoms with van der Waals surface area (Å²) in [5.41, 5.74) is 1.37. The fraction of sp³-hybridized carbons (Fsp3) is 0.0526. The highest BCUT2D eigenvalue weighted by atomic mass is 19.1. The number of hydrogen-bond donors (Lipinski definition) is 2. The van der Waals surface area contributed by atoms with E-state index < -0.39 is 17.5 Å². The number of pyridine rings is 1. The zero-order chi connectivity index (χ0) is 18.5. The number of amides is 1. The molecule has 132 valence electrons. The van der Waals surface area contributed by atoms with Gasteiger partial charge in [0.15, 0.2) is 11.6 Å². The van der Waals surface area contributed by atoms with Crippen molar-refractivity contribution in [2.75, 3.05) is 17.7 Å². The van der Waals surface area contributed by atoms with Crippen molar-refractivity contribution in [1.29, 1.82) is 0 Å². The Morgan fingerprint density at radius 1 is 1.08 bits per heavy atom. The molecule has 2 N–H and O–H groups in total. The van der Waals surface area contributed by atoms with Gasteiger partial charge in [-0.2, -0.15) is 0 Å². The van der Waals surface area contributed by atoms with E-state index >= 15 is 0 Å². The molecular formula is C19H15F2N3O2. The molecule has 0 saturated heterocycles. The van der Waals surface area contributed by atoms with E-state index in [1.54, 1.807) is 24.4 Å². The molecule has 1 heterocycles. The van der Waals surface area contributed by atoms with Gasteiger partial charge in [-0.25, -0.2) is 8.78 Å². The first-order valence-electron chi connectivity index (χ1n) is 7.68. The molecule has 0 aliphatic rings. The standard InChI is InChI=1S/C19H15F2N3O2/c1-26-18-7-5-14(10-15(18)21)23-17-9-13(20)4-6-16(17)24-19(25)12-3-2-8-22-11-12/h2-11,23H,1H3,(H,24,25). The second-order valence-corrected chi connectivity index (χ2v) is 5.36. The van der Waals surface area contributed by atoms with E-state index in [4.69, 9.17) is 4.74 Å². The van der Waals surface area contributed by atoms with E-state index in [1.165, 1.54) is 43.6 Å². The minimum absolute atomic E-state index is 0.0971. The summed E-state index contributed by atoms with van der Waals surface area (Å²) in [7, 11) is 1.37. The van der Waals surface area contributed by atoms with Crippen molar-refractivity contribution in [2.45, 2.75) is 0 Å². The molecule has 3 rings (SSSR count). The number of carbonyl (C=O) groups is 1. The summed E-state index contributed by atoms with van der Waals surface area (Å²) >= 11 is 0. The van der Waals surface area contributed by atoms with E-state index in [-0.39, 0.29) is 11.4 Å². The molecule has 0 fully saturated rings. The molecular weight excluding hydrogens is 340 g/mol. The Morgan fingerprint density at radius 3 is 2.62 bits per heavy atom. The van der Waals surface area contributed by atoms with Crippen LogP contribution in [-0.2, 0) is 0 Å². The number of nitrogens with zero attached hydrogens (tertiary/aromatic N) is 1. The van der Waals surface area contributed by atoms with Gasteiger partial charge < -0.3 is 15.4 Å². The molecule has 0 spiro atoms. The van der Waals surface area contributed by atoms with Crippen molar-refractivity contribution in [1.82, 2.24) is 4.98 Å². The number of carbonyl (C=O) groups excluding carboxylic acids is 1. The van der Waals surface area contributed by atoms with Crippen LogP contribution in [0.5, 0.6) is 5.75 Å². The number of aromatic nitrogens is 1. The Labute approximate surface area is 148 Å². The van der Waals surface area contributed by atoms with Gasteiger partial charge in [-0.05, 0) is 42.5 Å². The summed E-state index contributed by atoms with van der Waals surface area (Å²) in [4.78, 5) is 16.2. The second-order valence-electron chi connectivity index (χ2n) is 5.36. The third kappa shape index (κ3) is 3.94. The molecule has 0 saturated carbocycles. The molecule has 0 unspecified atom stereocenters. The lowest BCUT2D eigenvalue weighted by molar-refractivity contribution is 0.102. The van der Waals surface area contributed by atoms with Crippen LogP contribution in [0.2, 0.25) is 0 Å². The largest absolute Gasteiger partial charge is 0.494 e. The fourth-order valence-corrected chi connectivity index (χ4v) is 2.32. The topological polar surface area (TPSA) is 63.2 Å². The smallest absolute Gasteiger partial charge is 0.257 e. The maximum Gasteiger partial charge on any atom is 0.257 e. The molecule has 0 atom stereocenters. The van der Waals surface area contributed by atoms with E-state index in [9.17, 15) is 13.6 Å². The molecule has 7 heteroatoms. The Balaban J connectivity index is 1.86. The molecule has 3 aromatic rings. The van der Waals surface area contributed by atoms with Gasteiger partial charge in [-0.1, -0.05) is 0 Å². The highest BCUT2D eigenvalue weighted by Gasteiger charge is 2.11. The van der Waals surface area contributed by atoms with Gasteiger partial charge in [0.05, 0.1) is 24.0 Å². The molecule has 0 bridgehead atoms. The van der Waals surface area contributed by atoms with Gasteiger partial charge in [0.1, 0.15) is 5.82 Å². The first kappa shape index (κ1) is 17.3. The summed E-state index contributed by atoms with van der Waals surface area (Å²) in [6.45, 7) is 0. The molecule has 1 amide bonds. The van der Waals surface area contributed by atoms with Gasteiger partial charge in [0, 0.05) is 24.1 Å². The number of nitrogens with one attached hydrogen (secondary N) is 2. The van der Waals surface area contributed by atoms with Crippen LogP contribution in [0.3, 0.4) is 0 Å². The average molecular weight is 355 g/mol. The molecule has 26 heavy (non-hydrogen) atoms. The van der Waals surface area contributed by atoms with Crippen molar-refractivity contribution >= 4 is 23.0 Å². The maximum atomic E-state index is 13.8. The van der Waals surface area contributed by atoms with Crippen molar-refractivity contribution in [3.8, 4) is 5.75 Å². The van der Waals surface area contributed by atoms with Gasteiger partial charge in [-0.3, -0.25) is 9.78 Å².